The summed E-state index contributed by atoms with van der Waals surface area (Å²) in [5.74, 6) is 0.693. The molecule has 0 radical (unpaired) electrons. The number of carbonyl (C=O) groups is 1. The van der Waals surface area contributed by atoms with E-state index in [2.05, 4.69) is 20.9 Å². The van der Waals surface area contributed by atoms with Crippen molar-refractivity contribution in [1.29, 1.82) is 0 Å². The van der Waals surface area contributed by atoms with Gasteiger partial charge in [-0.1, -0.05) is 30.7 Å². The molecule has 0 saturated heterocycles. The van der Waals surface area contributed by atoms with E-state index in [9.17, 15) is 9.18 Å². The summed E-state index contributed by atoms with van der Waals surface area (Å²) in [6, 6.07) is 14.2. The molecule has 6 heteroatoms. The molecule has 3 rings (SSSR count). The van der Waals surface area contributed by atoms with Crippen LogP contribution in [0.3, 0.4) is 0 Å². The normalized spacial score (nSPS) is 14.4. The Labute approximate surface area is 159 Å². The molecule has 1 aliphatic carbocycles. The van der Waals surface area contributed by atoms with Crippen LogP contribution in [0.1, 0.15) is 30.4 Å². The average Bonchev–Trinajstić information content (AvgIpc) is 2.62. The van der Waals surface area contributed by atoms with Gasteiger partial charge in [0.1, 0.15) is 5.82 Å². The Balaban J connectivity index is 1.49. The summed E-state index contributed by atoms with van der Waals surface area (Å²) in [5.41, 5.74) is 2.84. The molecule has 1 saturated carbocycles. The Hall–Kier alpha value is -2.89. The lowest BCUT2D eigenvalue weighted by atomic mass is 9.85. The fourth-order valence-corrected chi connectivity index (χ4v) is 2.87. The molecule has 2 aromatic carbocycles. The number of guanidine groups is 1. The first-order chi connectivity index (χ1) is 13.1. The summed E-state index contributed by atoms with van der Waals surface area (Å²) in [4.78, 5) is 16.3. The summed E-state index contributed by atoms with van der Waals surface area (Å²) in [6.07, 6.45) is 3.12. The zero-order chi connectivity index (χ0) is 19.1. The number of hydrogen-bond acceptors (Lipinski definition) is 2. The first-order valence-electron chi connectivity index (χ1n) is 9.23. The van der Waals surface area contributed by atoms with Crippen molar-refractivity contribution in [3.05, 3.63) is 65.5 Å². The largest absolute Gasteiger partial charge is 0.352 e. The third-order valence-electron chi connectivity index (χ3n) is 4.73. The van der Waals surface area contributed by atoms with E-state index in [1.165, 1.54) is 12.1 Å². The molecule has 142 valence electrons. The van der Waals surface area contributed by atoms with E-state index in [-0.39, 0.29) is 17.6 Å². The van der Waals surface area contributed by atoms with Crippen LogP contribution in [0.4, 0.5) is 10.1 Å². The number of nitrogens with one attached hydrogen (secondary N) is 3. The summed E-state index contributed by atoms with van der Waals surface area (Å²) in [5, 5.41) is 9.44. The second kappa shape index (κ2) is 9.16. The van der Waals surface area contributed by atoms with Crippen LogP contribution in [-0.2, 0) is 17.9 Å². The van der Waals surface area contributed by atoms with Crippen LogP contribution in [0.5, 0.6) is 0 Å². The Morgan fingerprint density at radius 2 is 1.78 bits per heavy atom. The smallest absolute Gasteiger partial charge is 0.227 e. The number of carbonyl (C=O) groups excluding carboxylic acids is 1. The van der Waals surface area contributed by atoms with E-state index in [1.54, 1.807) is 19.2 Å². The molecule has 0 atom stereocenters. The molecule has 27 heavy (non-hydrogen) atoms. The molecule has 0 heterocycles. The van der Waals surface area contributed by atoms with Gasteiger partial charge in [-0.3, -0.25) is 9.79 Å². The highest BCUT2D eigenvalue weighted by Gasteiger charge is 2.25. The van der Waals surface area contributed by atoms with Crippen molar-refractivity contribution in [2.45, 2.75) is 32.4 Å². The highest BCUT2D eigenvalue weighted by molar-refractivity contribution is 5.93. The monoisotopic (exact) mass is 368 g/mol. The van der Waals surface area contributed by atoms with Crippen LogP contribution in [-0.4, -0.2) is 18.9 Å². The van der Waals surface area contributed by atoms with E-state index >= 15 is 0 Å². The quantitative estimate of drug-likeness (QED) is 0.541. The van der Waals surface area contributed by atoms with Crippen LogP contribution >= 0.6 is 0 Å². The third kappa shape index (κ3) is 5.54. The molecule has 0 unspecified atom stereocenters. The first-order valence-corrected chi connectivity index (χ1v) is 9.23. The maximum absolute atomic E-state index is 13.0. The molecule has 0 aromatic heterocycles. The van der Waals surface area contributed by atoms with E-state index in [0.29, 0.717) is 19.0 Å². The minimum absolute atomic E-state index is 0.114. The molecule has 1 amide bonds. The van der Waals surface area contributed by atoms with Crippen molar-refractivity contribution in [3.8, 4) is 0 Å². The Bertz CT molecular complexity index is 800. The van der Waals surface area contributed by atoms with Gasteiger partial charge >= 0.3 is 0 Å². The fraction of sp³-hybridized carbons (Fsp3) is 0.333. The lowest BCUT2D eigenvalue weighted by Gasteiger charge is -2.24. The van der Waals surface area contributed by atoms with Gasteiger partial charge < -0.3 is 16.0 Å². The number of halogens is 1. The number of nitrogens with zero attached hydrogens (tertiary/aromatic N) is 1. The highest BCUT2D eigenvalue weighted by Crippen LogP contribution is 2.27. The summed E-state index contributed by atoms with van der Waals surface area (Å²) in [6.45, 7) is 1.13. The van der Waals surface area contributed by atoms with Crippen molar-refractivity contribution in [3.63, 3.8) is 0 Å². The van der Waals surface area contributed by atoms with Crippen LogP contribution < -0.4 is 16.0 Å². The van der Waals surface area contributed by atoms with Crippen molar-refractivity contribution in [2.24, 2.45) is 10.9 Å². The van der Waals surface area contributed by atoms with Gasteiger partial charge in [0.05, 0.1) is 0 Å². The van der Waals surface area contributed by atoms with Gasteiger partial charge in [0, 0.05) is 31.7 Å². The molecule has 1 fully saturated rings. The van der Waals surface area contributed by atoms with Gasteiger partial charge in [-0.15, -0.1) is 0 Å². The third-order valence-corrected chi connectivity index (χ3v) is 4.73. The van der Waals surface area contributed by atoms with E-state index in [0.717, 1.165) is 36.1 Å². The van der Waals surface area contributed by atoms with Gasteiger partial charge in [-0.2, -0.15) is 0 Å². The molecular formula is C21H25FN4O. The SMILES string of the molecule is CN=C(NCc1ccc(F)cc1)NCc1cccc(NC(=O)C2CCC2)c1. The summed E-state index contributed by atoms with van der Waals surface area (Å²) in [7, 11) is 1.70. The topological polar surface area (TPSA) is 65.5 Å². The van der Waals surface area contributed by atoms with Crippen LogP contribution in [0.2, 0.25) is 0 Å². The molecule has 0 aliphatic heterocycles. The lowest BCUT2D eigenvalue weighted by Crippen LogP contribution is -2.36. The van der Waals surface area contributed by atoms with Crippen LogP contribution in [0.15, 0.2) is 53.5 Å². The maximum atomic E-state index is 13.0. The summed E-state index contributed by atoms with van der Waals surface area (Å²) < 4.78 is 13.0. The molecular weight excluding hydrogens is 343 g/mol. The zero-order valence-corrected chi connectivity index (χ0v) is 15.5. The molecule has 3 N–H and O–H groups in total. The fourth-order valence-electron chi connectivity index (χ4n) is 2.87. The van der Waals surface area contributed by atoms with Crippen molar-refractivity contribution in [2.75, 3.05) is 12.4 Å². The Morgan fingerprint density at radius 1 is 1.07 bits per heavy atom. The van der Waals surface area contributed by atoms with E-state index in [1.807, 2.05) is 24.3 Å². The molecule has 2 aromatic rings. The van der Waals surface area contributed by atoms with E-state index in [4.69, 9.17) is 0 Å². The number of benzene rings is 2. The Kier molecular flexibility index (Phi) is 6.41. The van der Waals surface area contributed by atoms with Crippen LogP contribution in [0.25, 0.3) is 0 Å². The standard InChI is InChI=1S/C21H25FN4O/c1-23-21(24-13-15-8-10-18(22)11-9-15)25-14-16-4-2-7-19(12-16)26-20(27)17-5-3-6-17/h2,4,7-12,17H,3,5-6,13-14H2,1H3,(H,26,27)(H2,23,24,25). The van der Waals surface area contributed by atoms with E-state index < -0.39 is 0 Å². The predicted octanol–water partition coefficient (Wildman–Crippen LogP) is 3.43. The molecule has 1 aliphatic rings. The van der Waals surface area contributed by atoms with Crippen molar-refractivity contribution >= 4 is 17.6 Å². The predicted molar refractivity (Wildman–Crippen MR) is 106 cm³/mol. The van der Waals surface area contributed by atoms with Crippen LogP contribution in [0, 0.1) is 11.7 Å². The van der Waals surface area contributed by atoms with Gasteiger partial charge in [-0.25, -0.2) is 4.39 Å². The second-order valence-corrected chi connectivity index (χ2v) is 6.72. The minimum atomic E-state index is -0.245. The molecule has 5 nitrogen and oxygen atoms in total. The minimum Gasteiger partial charge on any atom is -0.352 e. The number of hydrogen-bond donors (Lipinski definition) is 3. The summed E-state index contributed by atoms with van der Waals surface area (Å²) >= 11 is 0. The van der Waals surface area contributed by atoms with Gasteiger partial charge in [0.15, 0.2) is 5.96 Å². The van der Waals surface area contributed by atoms with Crippen molar-refractivity contribution in [1.82, 2.24) is 10.6 Å². The van der Waals surface area contributed by atoms with Gasteiger partial charge in [0.25, 0.3) is 0 Å². The van der Waals surface area contributed by atoms with Gasteiger partial charge in [-0.05, 0) is 48.2 Å². The Morgan fingerprint density at radius 3 is 2.41 bits per heavy atom. The zero-order valence-electron chi connectivity index (χ0n) is 15.5. The van der Waals surface area contributed by atoms with Crippen molar-refractivity contribution < 1.29 is 9.18 Å². The number of rotatable bonds is 6. The second-order valence-electron chi connectivity index (χ2n) is 6.72. The average molecular weight is 368 g/mol. The number of amides is 1. The first kappa shape index (κ1) is 18.9. The maximum Gasteiger partial charge on any atom is 0.227 e. The molecule has 0 spiro atoms. The molecule has 0 bridgehead atoms. The number of anilines is 1. The van der Waals surface area contributed by atoms with Gasteiger partial charge in [0.2, 0.25) is 5.91 Å². The highest BCUT2D eigenvalue weighted by atomic mass is 19.1. The number of aliphatic imine (C=N–C) groups is 1. The lowest BCUT2D eigenvalue weighted by molar-refractivity contribution is -0.122.